The topological polar surface area (TPSA) is 54.0 Å². The van der Waals surface area contributed by atoms with Crippen LogP contribution in [0.1, 0.15) is 11.1 Å². The summed E-state index contributed by atoms with van der Waals surface area (Å²) in [6.45, 7) is 5.85. The summed E-state index contributed by atoms with van der Waals surface area (Å²) in [5.74, 6) is 1.42. The lowest BCUT2D eigenvalue weighted by molar-refractivity contribution is 0.194. The van der Waals surface area contributed by atoms with Crippen molar-refractivity contribution in [2.75, 3.05) is 51.8 Å². The predicted molar refractivity (Wildman–Crippen MR) is 112 cm³/mol. The Labute approximate surface area is 167 Å². The standard InChI is InChI=1S/C22H29N3O3/c1-17-4-7-19(8-5-17)24-12-14-25(15-13-24)22(26)23-11-10-18-6-9-20(27-2)21(16-18)28-3/h4-9,16H,10-15H2,1-3H3,(H,23,26). The Morgan fingerprint density at radius 3 is 2.29 bits per heavy atom. The molecular formula is C22H29N3O3. The smallest absolute Gasteiger partial charge is 0.317 e. The zero-order valence-electron chi connectivity index (χ0n) is 16.9. The maximum Gasteiger partial charge on any atom is 0.317 e. The van der Waals surface area contributed by atoms with E-state index >= 15 is 0 Å². The van der Waals surface area contributed by atoms with Crippen LogP contribution in [0.4, 0.5) is 10.5 Å². The molecule has 2 amide bonds. The molecule has 0 atom stereocenters. The van der Waals surface area contributed by atoms with Crippen LogP contribution in [0.2, 0.25) is 0 Å². The first-order valence-electron chi connectivity index (χ1n) is 9.66. The van der Waals surface area contributed by atoms with Crippen LogP contribution in [-0.2, 0) is 6.42 Å². The van der Waals surface area contributed by atoms with E-state index in [1.165, 1.54) is 11.3 Å². The zero-order chi connectivity index (χ0) is 19.9. The van der Waals surface area contributed by atoms with Crippen LogP contribution in [0.3, 0.4) is 0 Å². The fourth-order valence-electron chi connectivity index (χ4n) is 3.39. The molecule has 2 aromatic rings. The first-order chi connectivity index (χ1) is 13.6. The van der Waals surface area contributed by atoms with Crippen LogP contribution in [0.5, 0.6) is 11.5 Å². The van der Waals surface area contributed by atoms with Gasteiger partial charge >= 0.3 is 6.03 Å². The average Bonchev–Trinajstić information content (AvgIpc) is 2.74. The summed E-state index contributed by atoms with van der Waals surface area (Å²) >= 11 is 0. The van der Waals surface area contributed by atoms with Crippen LogP contribution in [0, 0.1) is 6.92 Å². The fourth-order valence-corrected chi connectivity index (χ4v) is 3.39. The maximum absolute atomic E-state index is 12.5. The van der Waals surface area contributed by atoms with Crippen LogP contribution in [-0.4, -0.2) is 57.9 Å². The molecule has 1 aliphatic rings. The Morgan fingerprint density at radius 1 is 0.964 bits per heavy atom. The van der Waals surface area contributed by atoms with E-state index in [1.807, 2.05) is 23.1 Å². The molecule has 28 heavy (non-hydrogen) atoms. The number of benzene rings is 2. The van der Waals surface area contributed by atoms with Gasteiger partial charge in [0, 0.05) is 38.4 Å². The number of aryl methyl sites for hydroxylation is 1. The van der Waals surface area contributed by atoms with Crippen molar-refractivity contribution >= 4 is 11.7 Å². The van der Waals surface area contributed by atoms with E-state index in [-0.39, 0.29) is 6.03 Å². The number of hydrogen-bond acceptors (Lipinski definition) is 4. The van der Waals surface area contributed by atoms with Crippen LogP contribution >= 0.6 is 0 Å². The number of nitrogens with one attached hydrogen (secondary N) is 1. The highest BCUT2D eigenvalue weighted by molar-refractivity contribution is 5.74. The second kappa shape index (κ2) is 9.35. The van der Waals surface area contributed by atoms with E-state index in [4.69, 9.17) is 9.47 Å². The van der Waals surface area contributed by atoms with Gasteiger partial charge in [0.05, 0.1) is 14.2 Å². The van der Waals surface area contributed by atoms with Gasteiger partial charge in [0.15, 0.2) is 11.5 Å². The van der Waals surface area contributed by atoms with Gasteiger partial charge in [-0.15, -0.1) is 0 Å². The molecule has 0 spiro atoms. The summed E-state index contributed by atoms with van der Waals surface area (Å²) in [5.41, 5.74) is 3.58. The summed E-state index contributed by atoms with van der Waals surface area (Å²) in [5, 5.41) is 3.03. The Bertz CT molecular complexity index is 784. The van der Waals surface area contributed by atoms with Gasteiger partial charge in [0.1, 0.15) is 0 Å². The van der Waals surface area contributed by atoms with Gasteiger partial charge in [-0.1, -0.05) is 23.8 Å². The Balaban J connectivity index is 1.44. The number of anilines is 1. The van der Waals surface area contributed by atoms with Crippen LogP contribution in [0.15, 0.2) is 42.5 Å². The lowest BCUT2D eigenvalue weighted by Gasteiger charge is -2.36. The quantitative estimate of drug-likeness (QED) is 0.833. The Morgan fingerprint density at radius 2 is 1.64 bits per heavy atom. The summed E-state index contributed by atoms with van der Waals surface area (Å²) in [6.07, 6.45) is 0.745. The van der Waals surface area contributed by atoms with E-state index in [9.17, 15) is 4.79 Å². The number of carbonyl (C=O) groups excluding carboxylic acids is 1. The highest BCUT2D eigenvalue weighted by Gasteiger charge is 2.21. The van der Waals surface area contributed by atoms with E-state index in [1.54, 1.807) is 14.2 Å². The molecule has 0 bridgehead atoms. The lowest BCUT2D eigenvalue weighted by atomic mass is 10.1. The highest BCUT2D eigenvalue weighted by atomic mass is 16.5. The molecule has 150 valence electrons. The molecule has 1 fully saturated rings. The first-order valence-corrected chi connectivity index (χ1v) is 9.66. The first kappa shape index (κ1) is 19.9. The molecule has 6 nitrogen and oxygen atoms in total. The number of ether oxygens (including phenoxy) is 2. The SMILES string of the molecule is COc1ccc(CCNC(=O)N2CCN(c3ccc(C)cc3)CC2)cc1OC. The summed E-state index contributed by atoms with van der Waals surface area (Å²) < 4.78 is 10.6. The van der Waals surface area contributed by atoms with Crippen molar-refractivity contribution in [3.63, 3.8) is 0 Å². The minimum absolute atomic E-state index is 0.00373. The summed E-state index contributed by atoms with van der Waals surface area (Å²) in [6, 6.07) is 14.4. The predicted octanol–water partition coefficient (Wildman–Crippen LogP) is 3.09. The van der Waals surface area contributed by atoms with Gasteiger partial charge in [0.25, 0.3) is 0 Å². The molecule has 3 rings (SSSR count). The monoisotopic (exact) mass is 383 g/mol. The van der Waals surface area contributed by atoms with E-state index in [0.717, 1.165) is 38.2 Å². The Kier molecular flexibility index (Phi) is 6.63. The van der Waals surface area contributed by atoms with Crippen molar-refractivity contribution in [3.8, 4) is 11.5 Å². The molecule has 6 heteroatoms. The molecule has 0 aliphatic carbocycles. The molecule has 1 saturated heterocycles. The minimum Gasteiger partial charge on any atom is -0.493 e. The van der Waals surface area contributed by atoms with Gasteiger partial charge in [-0.05, 0) is 43.2 Å². The van der Waals surface area contributed by atoms with Gasteiger partial charge in [-0.25, -0.2) is 4.79 Å². The van der Waals surface area contributed by atoms with E-state index < -0.39 is 0 Å². The third kappa shape index (κ3) is 4.88. The van der Waals surface area contributed by atoms with Crippen molar-refractivity contribution in [2.45, 2.75) is 13.3 Å². The normalized spacial score (nSPS) is 14.0. The van der Waals surface area contributed by atoms with Gasteiger partial charge in [0.2, 0.25) is 0 Å². The number of urea groups is 1. The third-order valence-corrected chi connectivity index (χ3v) is 5.10. The summed E-state index contributed by atoms with van der Waals surface area (Å²) in [7, 11) is 3.25. The number of carbonyl (C=O) groups is 1. The molecule has 1 N–H and O–H groups in total. The van der Waals surface area contributed by atoms with Gasteiger partial charge in [-0.2, -0.15) is 0 Å². The minimum atomic E-state index is 0.00373. The fraction of sp³-hybridized carbons (Fsp3) is 0.409. The Hall–Kier alpha value is -2.89. The lowest BCUT2D eigenvalue weighted by Crippen LogP contribution is -2.52. The van der Waals surface area contributed by atoms with Crippen LogP contribution in [0.25, 0.3) is 0 Å². The molecular weight excluding hydrogens is 354 g/mol. The average molecular weight is 383 g/mol. The third-order valence-electron chi connectivity index (χ3n) is 5.10. The molecule has 1 aliphatic heterocycles. The van der Waals surface area contributed by atoms with Crippen molar-refractivity contribution in [2.24, 2.45) is 0 Å². The molecule has 0 saturated carbocycles. The van der Waals surface area contributed by atoms with Crippen molar-refractivity contribution in [1.29, 1.82) is 0 Å². The molecule has 0 radical (unpaired) electrons. The second-order valence-electron chi connectivity index (χ2n) is 6.98. The molecule has 0 unspecified atom stereocenters. The van der Waals surface area contributed by atoms with Gasteiger partial charge < -0.3 is 24.6 Å². The molecule has 1 heterocycles. The number of amides is 2. The largest absolute Gasteiger partial charge is 0.493 e. The number of piperazine rings is 1. The van der Waals surface area contributed by atoms with Crippen molar-refractivity contribution in [1.82, 2.24) is 10.2 Å². The van der Waals surface area contributed by atoms with E-state index in [0.29, 0.717) is 18.0 Å². The van der Waals surface area contributed by atoms with Gasteiger partial charge in [-0.3, -0.25) is 0 Å². The maximum atomic E-state index is 12.5. The number of methoxy groups -OCH3 is 2. The highest BCUT2D eigenvalue weighted by Crippen LogP contribution is 2.27. The van der Waals surface area contributed by atoms with Crippen molar-refractivity contribution < 1.29 is 14.3 Å². The number of nitrogens with zero attached hydrogens (tertiary/aromatic N) is 2. The van der Waals surface area contributed by atoms with Crippen LogP contribution < -0.4 is 19.7 Å². The summed E-state index contributed by atoms with van der Waals surface area (Å²) in [4.78, 5) is 16.7. The zero-order valence-corrected chi connectivity index (χ0v) is 16.9. The molecule has 2 aromatic carbocycles. The number of rotatable bonds is 6. The number of hydrogen-bond donors (Lipinski definition) is 1. The van der Waals surface area contributed by atoms with Crippen molar-refractivity contribution in [3.05, 3.63) is 53.6 Å². The van der Waals surface area contributed by atoms with E-state index in [2.05, 4.69) is 41.4 Å². The second-order valence-corrected chi connectivity index (χ2v) is 6.98. The molecule has 0 aromatic heterocycles.